The molecule has 0 aliphatic carbocycles. The van der Waals surface area contributed by atoms with E-state index in [-0.39, 0.29) is 0 Å². The van der Waals surface area contributed by atoms with Crippen molar-refractivity contribution in [2.45, 2.75) is 13.8 Å². The summed E-state index contributed by atoms with van der Waals surface area (Å²) in [5.74, 6) is 0. The molecule has 0 N–H and O–H groups in total. The van der Waals surface area contributed by atoms with E-state index in [9.17, 15) is 0 Å². The van der Waals surface area contributed by atoms with Crippen LogP contribution < -0.4 is 0 Å². The molecule has 2 aromatic carbocycles. The summed E-state index contributed by atoms with van der Waals surface area (Å²) in [4.78, 5) is 0. The fraction of sp³-hybridized carbons (Fsp3) is 0.100. The van der Waals surface area contributed by atoms with Crippen LogP contribution in [0.3, 0.4) is 0 Å². The first-order valence-electron chi connectivity index (χ1n) is 6.82. The van der Waals surface area contributed by atoms with Crippen LogP contribution in [0.1, 0.15) is 29.2 Å². The van der Waals surface area contributed by atoms with Crippen molar-refractivity contribution >= 4 is 18.2 Å². The molecule has 0 aromatic heterocycles. The van der Waals surface area contributed by atoms with Gasteiger partial charge < -0.3 is 0 Å². The molecule has 0 radical (unpaired) electrons. The quantitative estimate of drug-likeness (QED) is 0.484. The second kappa shape index (κ2) is 6.72. The Kier molecular flexibility index (Phi) is 4.73. The Morgan fingerprint density at radius 3 is 1.60 bits per heavy atom. The van der Waals surface area contributed by atoms with Gasteiger partial charge in [-0.05, 0) is 30.5 Å². The molecule has 0 spiro atoms. The molecule has 100 valence electrons. The van der Waals surface area contributed by atoms with Gasteiger partial charge >= 0.3 is 0 Å². The molecule has 0 bridgehead atoms. The van der Waals surface area contributed by atoms with Crippen LogP contribution in [0.4, 0.5) is 0 Å². The monoisotopic (exact) mass is 260 g/mol. The van der Waals surface area contributed by atoms with E-state index in [0.717, 1.165) is 5.57 Å². The fourth-order valence-electron chi connectivity index (χ4n) is 1.83. The summed E-state index contributed by atoms with van der Waals surface area (Å²) in [7, 11) is 0. The predicted octanol–water partition coefficient (Wildman–Crippen LogP) is 5.75. The Hall–Kier alpha value is -2.34. The molecule has 2 aromatic rings. The standard InChI is InChI=1S/C20H20/c1-16(2)4-7-18-10-13-20(14-11-18)15-12-19-8-5-17(3)6-9-19/h4-15H,1H2,2-3H3/b7-4+,15-12+. The molecule has 0 saturated carbocycles. The third-order valence-corrected chi connectivity index (χ3v) is 3.04. The summed E-state index contributed by atoms with van der Waals surface area (Å²) in [5, 5.41) is 0. The van der Waals surface area contributed by atoms with Gasteiger partial charge in [-0.2, -0.15) is 0 Å². The minimum atomic E-state index is 1.06. The molecule has 0 fully saturated rings. The maximum absolute atomic E-state index is 3.86. The maximum Gasteiger partial charge on any atom is -0.0256 e. The summed E-state index contributed by atoms with van der Waals surface area (Å²) in [6.45, 7) is 7.96. The Labute approximate surface area is 121 Å². The van der Waals surface area contributed by atoms with Crippen molar-refractivity contribution < 1.29 is 0 Å². The van der Waals surface area contributed by atoms with E-state index in [2.05, 4.69) is 80.3 Å². The number of allylic oxidation sites excluding steroid dienone is 2. The van der Waals surface area contributed by atoms with E-state index in [1.54, 1.807) is 0 Å². The van der Waals surface area contributed by atoms with Gasteiger partial charge in [-0.1, -0.05) is 90.6 Å². The van der Waals surface area contributed by atoms with Crippen molar-refractivity contribution in [3.8, 4) is 0 Å². The Morgan fingerprint density at radius 2 is 1.15 bits per heavy atom. The largest absolute Gasteiger partial charge is 0.0961 e. The lowest BCUT2D eigenvalue weighted by atomic mass is 10.1. The third-order valence-electron chi connectivity index (χ3n) is 3.04. The first-order chi connectivity index (χ1) is 9.63. The van der Waals surface area contributed by atoms with Gasteiger partial charge in [0, 0.05) is 0 Å². The minimum Gasteiger partial charge on any atom is -0.0961 e. The lowest BCUT2D eigenvalue weighted by Gasteiger charge is -1.97. The number of hydrogen-bond donors (Lipinski definition) is 0. The predicted molar refractivity (Wildman–Crippen MR) is 90.4 cm³/mol. The van der Waals surface area contributed by atoms with Gasteiger partial charge in [-0.15, -0.1) is 0 Å². The highest BCUT2D eigenvalue weighted by Crippen LogP contribution is 2.12. The van der Waals surface area contributed by atoms with Gasteiger partial charge in [0.25, 0.3) is 0 Å². The van der Waals surface area contributed by atoms with E-state index in [1.165, 1.54) is 22.3 Å². The molecule has 0 heterocycles. The molecule has 0 saturated heterocycles. The zero-order valence-electron chi connectivity index (χ0n) is 12.1. The molecule has 0 atom stereocenters. The Bertz CT molecular complexity index is 623. The molecular weight excluding hydrogens is 240 g/mol. The van der Waals surface area contributed by atoms with Crippen molar-refractivity contribution in [2.24, 2.45) is 0 Å². The average molecular weight is 260 g/mol. The van der Waals surface area contributed by atoms with Crippen LogP contribution in [-0.2, 0) is 0 Å². The van der Waals surface area contributed by atoms with Crippen molar-refractivity contribution in [3.63, 3.8) is 0 Å². The SMILES string of the molecule is C=C(C)/C=C/c1ccc(/C=C/c2ccc(C)cc2)cc1. The molecule has 0 aliphatic rings. The molecule has 2 rings (SSSR count). The molecule has 20 heavy (non-hydrogen) atoms. The van der Waals surface area contributed by atoms with E-state index in [0.29, 0.717) is 0 Å². The molecular formula is C20H20. The number of benzene rings is 2. The number of hydrogen-bond acceptors (Lipinski definition) is 0. The first-order valence-corrected chi connectivity index (χ1v) is 6.82. The molecule has 0 amide bonds. The molecule has 0 unspecified atom stereocenters. The lowest BCUT2D eigenvalue weighted by Crippen LogP contribution is -1.76. The molecule has 0 nitrogen and oxygen atoms in total. The Morgan fingerprint density at radius 1 is 0.750 bits per heavy atom. The first kappa shape index (κ1) is 14.1. The van der Waals surface area contributed by atoms with Gasteiger partial charge in [0.2, 0.25) is 0 Å². The van der Waals surface area contributed by atoms with Crippen LogP contribution in [0, 0.1) is 6.92 Å². The van der Waals surface area contributed by atoms with Crippen molar-refractivity contribution in [1.82, 2.24) is 0 Å². The maximum atomic E-state index is 3.86. The van der Waals surface area contributed by atoms with Crippen molar-refractivity contribution in [3.05, 3.63) is 89.0 Å². The molecule has 0 aliphatic heterocycles. The lowest BCUT2D eigenvalue weighted by molar-refractivity contribution is 1.46. The summed E-state index contributed by atoms with van der Waals surface area (Å²) in [5.41, 5.74) is 5.98. The zero-order valence-corrected chi connectivity index (χ0v) is 12.1. The van der Waals surface area contributed by atoms with Crippen LogP contribution in [0.2, 0.25) is 0 Å². The highest BCUT2D eigenvalue weighted by molar-refractivity contribution is 5.70. The van der Waals surface area contributed by atoms with E-state index in [1.807, 2.05) is 13.0 Å². The van der Waals surface area contributed by atoms with Crippen LogP contribution in [-0.4, -0.2) is 0 Å². The molecule has 0 heteroatoms. The van der Waals surface area contributed by atoms with E-state index in [4.69, 9.17) is 0 Å². The van der Waals surface area contributed by atoms with Crippen LogP contribution in [0.15, 0.2) is 66.8 Å². The van der Waals surface area contributed by atoms with Gasteiger partial charge in [0.05, 0.1) is 0 Å². The van der Waals surface area contributed by atoms with Crippen molar-refractivity contribution in [1.29, 1.82) is 0 Å². The van der Waals surface area contributed by atoms with E-state index < -0.39 is 0 Å². The zero-order chi connectivity index (χ0) is 14.4. The summed E-state index contributed by atoms with van der Waals surface area (Å²) >= 11 is 0. The van der Waals surface area contributed by atoms with Crippen LogP contribution >= 0.6 is 0 Å². The highest BCUT2D eigenvalue weighted by atomic mass is 14.0. The fourth-order valence-corrected chi connectivity index (χ4v) is 1.83. The third kappa shape index (κ3) is 4.40. The topological polar surface area (TPSA) is 0 Å². The van der Waals surface area contributed by atoms with Gasteiger partial charge in [0.1, 0.15) is 0 Å². The van der Waals surface area contributed by atoms with Crippen LogP contribution in [0.5, 0.6) is 0 Å². The summed E-state index contributed by atoms with van der Waals surface area (Å²) < 4.78 is 0. The van der Waals surface area contributed by atoms with E-state index >= 15 is 0 Å². The summed E-state index contributed by atoms with van der Waals surface area (Å²) in [6, 6.07) is 17.0. The van der Waals surface area contributed by atoms with Crippen molar-refractivity contribution in [2.75, 3.05) is 0 Å². The minimum absolute atomic E-state index is 1.06. The Balaban J connectivity index is 2.07. The highest BCUT2D eigenvalue weighted by Gasteiger charge is 1.90. The normalized spacial score (nSPS) is 11.3. The average Bonchev–Trinajstić information content (AvgIpc) is 2.45. The second-order valence-electron chi connectivity index (χ2n) is 5.09. The van der Waals surface area contributed by atoms with Crippen LogP contribution in [0.25, 0.3) is 18.2 Å². The number of aryl methyl sites for hydroxylation is 1. The number of rotatable bonds is 4. The van der Waals surface area contributed by atoms with Gasteiger partial charge in [0.15, 0.2) is 0 Å². The smallest absolute Gasteiger partial charge is 0.0256 e. The second-order valence-corrected chi connectivity index (χ2v) is 5.09. The van der Waals surface area contributed by atoms with Gasteiger partial charge in [-0.25, -0.2) is 0 Å². The summed E-state index contributed by atoms with van der Waals surface area (Å²) in [6.07, 6.45) is 8.38. The van der Waals surface area contributed by atoms with Gasteiger partial charge in [-0.3, -0.25) is 0 Å².